The minimum absolute atomic E-state index is 0.201. The molecule has 1 atom stereocenters. The molecule has 3 aromatic carbocycles. The zero-order chi connectivity index (χ0) is 29.4. The highest BCUT2D eigenvalue weighted by molar-refractivity contribution is 6.31. The zero-order valence-corrected chi connectivity index (χ0v) is 23.8. The maximum atomic E-state index is 13.7. The number of aliphatic carboxylic acids is 1. The van der Waals surface area contributed by atoms with Crippen molar-refractivity contribution in [3.63, 3.8) is 0 Å². The summed E-state index contributed by atoms with van der Waals surface area (Å²) in [6.45, 7) is 3.03. The summed E-state index contributed by atoms with van der Waals surface area (Å²) >= 11 is 6.40. The molecule has 0 spiro atoms. The summed E-state index contributed by atoms with van der Waals surface area (Å²) in [6, 6.07) is 22.5. The molecule has 0 bridgehead atoms. The highest BCUT2D eigenvalue weighted by Crippen LogP contribution is 2.38. The number of H-pyrrole nitrogens is 1. The first-order chi connectivity index (χ1) is 20.3. The molecule has 0 radical (unpaired) electrons. The van der Waals surface area contributed by atoms with Crippen molar-refractivity contribution in [2.24, 2.45) is 5.10 Å². The number of benzene rings is 3. The van der Waals surface area contributed by atoms with Crippen LogP contribution in [-0.4, -0.2) is 37.3 Å². The Bertz CT molecular complexity index is 1930. The van der Waals surface area contributed by atoms with Crippen LogP contribution in [0.2, 0.25) is 5.02 Å². The topological polar surface area (TPSA) is 108 Å². The van der Waals surface area contributed by atoms with E-state index in [2.05, 4.69) is 22.7 Å². The molecule has 1 unspecified atom stereocenters. The van der Waals surface area contributed by atoms with Gasteiger partial charge in [-0.1, -0.05) is 54.9 Å². The van der Waals surface area contributed by atoms with E-state index >= 15 is 0 Å². The molecule has 6 rings (SSSR count). The van der Waals surface area contributed by atoms with Gasteiger partial charge in [0.15, 0.2) is 0 Å². The van der Waals surface area contributed by atoms with E-state index in [1.165, 1.54) is 5.01 Å². The SMILES string of the molecule is CCCn1ccc2cc(C3CC(c4c(-c5ccccc5)c5cc(Cl)ccc5[nH]c4=O)=NN3C(=O)CCC(=O)O)ccc21. The van der Waals surface area contributed by atoms with Crippen molar-refractivity contribution in [3.05, 3.63) is 105 Å². The third-order valence-electron chi connectivity index (χ3n) is 7.69. The van der Waals surface area contributed by atoms with Gasteiger partial charge < -0.3 is 14.7 Å². The Morgan fingerprint density at radius 1 is 1.02 bits per heavy atom. The van der Waals surface area contributed by atoms with Gasteiger partial charge in [0.25, 0.3) is 5.56 Å². The van der Waals surface area contributed by atoms with Crippen LogP contribution in [0, 0.1) is 0 Å². The van der Waals surface area contributed by atoms with E-state index in [0.717, 1.165) is 40.4 Å². The molecule has 0 saturated heterocycles. The molecule has 0 fully saturated rings. The number of nitrogens with one attached hydrogen (secondary N) is 1. The van der Waals surface area contributed by atoms with Gasteiger partial charge in [0.1, 0.15) is 0 Å². The Labute approximate surface area is 246 Å². The van der Waals surface area contributed by atoms with E-state index in [-0.39, 0.29) is 24.8 Å². The number of rotatable bonds is 8. The van der Waals surface area contributed by atoms with Crippen LogP contribution < -0.4 is 5.56 Å². The van der Waals surface area contributed by atoms with Gasteiger partial charge in [-0.3, -0.25) is 14.4 Å². The van der Waals surface area contributed by atoms with Gasteiger partial charge >= 0.3 is 5.97 Å². The van der Waals surface area contributed by atoms with Crippen molar-refractivity contribution < 1.29 is 14.7 Å². The van der Waals surface area contributed by atoms with E-state index in [4.69, 9.17) is 16.7 Å². The fraction of sp³-hybridized carbons (Fsp3) is 0.212. The smallest absolute Gasteiger partial charge is 0.303 e. The minimum atomic E-state index is -1.06. The Morgan fingerprint density at radius 2 is 1.83 bits per heavy atom. The third-order valence-corrected chi connectivity index (χ3v) is 7.93. The molecule has 1 aliphatic rings. The van der Waals surface area contributed by atoms with Gasteiger partial charge in [0, 0.05) is 52.6 Å². The third kappa shape index (κ3) is 5.10. The molecule has 1 aliphatic heterocycles. The lowest BCUT2D eigenvalue weighted by atomic mass is 9.91. The lowest BCUT2D eigenvalue weighted by Crippen LogP contribution is -2.27. The molecule has 2 N–H and O–H groups in total. The maximum Gasteiger partial charge on any atom is 0.303 e. The molecular formula is C33H29ClN4O4. The minimum Gasteiger partial charge on any atom is -0.481 e. The first-order valence-corrected chi connectivity index (χ1v) is 14.3. The zero-order valence-electron chi connectivity index (χ0n) is 23.0. The number of carboxylic acid groups (broad SMARTS) is 1. The predicted octanol–water partition coefficient (Wildman–Crippen LogP) is 6.76. The van der Waals surface area contributed by atoms with E-state index in [9.17, 15) is 19.5 Å². The summed E-state index contributed by atoms with van der Waals surface area (Å²) in [6.07, 6.45) is 2.83. The largest absolute Gasteiger partial charge is 0.481 e. The van der Waals surface area contributed by atoms with Crippen LogP contribution in [0.5, 0.6) is 0 Å². The van der Waals surface area contributed by atoms with E-state index in [1.807, 2.05) is 60.7 Å². The molecule has 0 saturated carbocycles. The maximum absolute atomic E-state index is 13.7. The fourth-order valence-corrected chi connectivity index (χ4v) is 5.96. The molecule has 8 nitrogen and oxygen atoms in total. The second-order valence-electron chi connectivity index (χ2n) is 10.5. The number of carbonyl (C=O) groups is 2. The van der Waals surface area contributed by atoms with Crippen molar-refractivity contribution in [3.8, 4) is 11.1 Å². The quantitative estimate of drug-likeness (QED) is 0.211. The van der Waals surface area contributed by atoms with Gasteiger partial charge in [0.05, 0.1) is 23.7 Å². The second-order valence-corrected chi connectivity index (χ2v) is 10.9. The van der Waals surface area contributed by atoms with Crippen LogP contribution in [0.4, 0.5) is 0 Å². The van der Waals surface area contributed by atoms with Crippen molar-refractivity contribution >= 4 is 51.0 Å². The molecule has 0 aliphatic carbocycles. The number of aromatic nitrogens is 2. The van der Waals surface area contributed by atoms with Gasteiger partial charge in [-0.25, -0.2) is 5.01 Å². The predicted molar refractivity (Wildman–Crippen MR) is 165 cm³/mol. The molecule has 1 amide bonds. The molecule has 9 heteroatoms. The van der Waals surface area contributed by atoms with Crippen LogP contribution in [0.15, 0.2) is 88.9 Å². The number of aromatic amines is 1. The lowest BCUT2D eigenvalue weighted by Gasteiger charge is -2.22. The molecule has 212 valence electrons. The number of halogens is 1. The number of hydrogen-bond acceptors (Lipinski definition) is 4. The summed E-state index contributed by atoms with van der Waals surface area (Å²) < 4.78 is 2.19. The average molecular weight is 581 g/mol. The average Bonchev–Trinajstić information content (AvgIpc) is 3.60. The van der Waals surface area contributed by atoms with Crippen LogP contribution >= 0.6 is 11.6 Å². The fourth-order valence-electron chi connectivity index (χ4n) is 5.79. The Balaban J connectivity index is 1.50. The van der Waals surface area contributed by atoms with Crippen LogP contribution in [-0.2, 0) is 16.1 Å². The van der Waals surface area contributed by atoms with Gasteiger partial charge in [-0.05, 0) is 59.3 Å². The summed E-state index contributed by atoms with van der Waals surface area (Å²) in [5.74, 6) is -1.47. The highest BCUT2D eigenvalue weighted by Gasteiger charge is 2.35. The first kappa shape index (κ1) is 27.5. The number of hydrogen-bond donors (Lipinski definition) is 2. The first-order valence-electron chi connectivity index (χ1n) is 14.0. The molecule has 2 aromatic heterocycles. The summed E-state index contributed by atoms with van der Waals surface area (Å²) in [7, 11) is 0. The number of aryl methyl sites for hydroxylation is 1. The van der Waals surface area contributed by atoms with Crippen LogP contribution in [0.3, 0.4) is 0 Å². The summed E-state index contributed by atoms with van der Waals surface area (Å²) in [5.41, 5.74) is 4.59. The molecule has 3 heterocycles. The van der Waals surface area contributed by atoms with Crippen molar-refractivity contribution in [1.82, 2.24) is 14.6 Å². The number of amides is 1. The summed E-state index contributed by atoms with van der Waals surface area (Å²) in [5, 5.41) is 17.7. The van der Waals surface area contributed by atoms with Crippen molar-refractivity contribution in [2.75, 3.05) is 0 Å². The Hall–Kier alpha value is -4.69. The van der Waals surface area contributed by atoms with Gasteiger partial charge in [0.2, 0.25) is 5.91 Å². The lowest BCUT2D eigenvalue weighted by molar-refractivity contribution is -0.141. The van der Waals surface area contributed by atoms with Gasteiger partial charge in [-0.2, -0.15) is 5.10 Å². The number of fused-ring (bicyclic) bond motifs is 2. The number of carbonyl (C=O) groups excluding carboxylic acids is 1. The van der Waals surface area contributed by atoms with E-state index in [0.29, 0.717) is 27.4 Å². The van der Waals surface area contributed by atoms with Crippen molar-refractivity contribution in [1.29, 1.82) is 0 Å². The standard InChI is InChI=1S/C33H29ClN4O4/c1-2-15-37-16-14-22-17-21(8-11-27(22)37)28-19-26(36-38(28)29(39)12-13-30(40)41)32-31(20-6-4-3-5-7-20)24-18-23(34)9-10-25(24)35-33(32)42/h3-11,14,16-18,28H,2,12-13,15,19H2,1H3,(H,35,42)(H,40,41). The van der Waals surface area contributed by atoms with Crippen molar-refractivity contribution in [2.45, 2.75) is 45.2 Å². The Morgan fingerprint density at radius 3 is 2.60 bits per heavy atom. The van der Waals surface area contributed by atoms with Gasteiger partial charge in [-0.15, -0.1) is 0 Å². The monoisotopic (exact) mass is 580 g/mol. The number of pyridine rings is 1. The molecule has 42 heavy (non-hydrogen) atoms. The number of hydrazone groups is 1. The van der Waals surface area contributed by atoms with Crippen LogP contribution in [0.1, 0.15) is 49.8 Å². The Kier molecular flexibility index (Phi) is 7.39. The van der Waals surface area contributed by atoms with E-state index < -0.39 is 17.9 Å². The highest BCUT2D eigenvalue weighted by atomic mass is 35.5. The van der Waals surface area contributed by atoms with E-state index in [1.54, 1.807) is 12.1 Å². The molecular weight excluding hydrogens is 552 g/mol. The molecule has 5 aromatic rings. The number of nitrogens with zero attached hydrogens (tertiary/aromatic N) is 3. The normalized spacial score (nSPS) is 15.0. The summed E-state index contributed by atoms with van der Waals surface area (Å²) in [4.78, 5) is 41.4. The number of carboxylic acids is 1. The second kappa shape index (κ2) is 11.3. The van der Waals surface area contributed by atoms with Crippen LogP contribution in [0.25, 0.3) is 32.9 Å².